The van der Waals surface area contributed by atoms with E-state index in [9.17, 15) is 18.0 Å². The predicted octanol–water partition coefficient (Wildman–Crippen LogP) is 1.91. The molecule has 2 aliphatic rings. The van der Waals surface area contributed by atoms with Crippen LogP contribution in [0.5, 0.6) is 5.75 Å². The monoisotopic (exact) mass is 563 g/mol. The van der Waals surface area contributed by atoms with E-state index in [0.717, 1.165) is 5.56 Å². The fraction of sp³-hybridized carbons (Fsp3) is 0.370. The molecule has 1 aliphatic carbocycles. The number of benzene rings is 1. The Morgan fingerprint density at radius 1 is 1.20 bits per heavy atom. The molecule has 2 amide bonds. The Kier molecular flexibility index (Phi) is 6.97. The van der Waals surface area contributed by atoms with Crippen LogP contribution in [0.25, 0.3) is 0 Å². The fourth-order valence-electron chi connectivity index (χ4n) is 4.88. The van der Waals surface area contributed by atoms with E-state index in [-0.39, 0.29) is 42.7 Å². The second kappa shape index (κ2) is 10.3. The lowest BCUT2D eigenvalue weighted by molar-refractivity contribution is 0.0724. The van der Waals surface area contributed by atoms with Crippen molar-refractivity contribution in [3.63, 3.8) is 0 Å². The zero-order chi connectivity index (χ0) is 28.7. The molecule has 0 bridgehead atoms. The van der Waals surface area contributed by atoms with Crippen molar-refractivity contribution < 1.29 is 22.7 Å². The van der Waals surface area contributed by atoms with Crippen LogP contribution >= 0.6 is 0 Å². The quantitative estimate of drug-likeness (QED) is 0.399. The van der Waals surface area contributed by atoms with E-state index < -0.39 is 20.7 Å². The van der Waals surface area contributed by atoms with Crippen LogP contribution in [-0.4, -0.2) is 64.8 Å². The van der Waals surface area contributed by atoms with E-state index >= 15 is 0 Å². The first-order valence-corrected chi connectivity index (χ1v) is 14.2. The number of hydrogen-bond acceptors (Lipinski definition) is 8. The number of aryl methyl sites for hydroxylation is 2. The Morgan fingerprint density at radius 3 is 2.58 bits per heavy atom. The molecular weight excluding hydrogens is 534 g/mol. The highest BCUT2D eigenvalue weighted by Gasteiger charge is 2.57. The number of amides is 2. The third-order valence-electron chi connectivity index (χ3n) is 7.32. The summed E-state index contributed by atoms with van der Waals surface area (Å²) in [5.74, 6) is -0.351. The van der Waals surface area contributed by atoms with Gasteiger partial charge in [-0.05, 0) is 56.0 Å². The molecule has 40 heavy (non-hydrogen) atoms. The lowest BCUT2D eigenvalue weighted by Gasteiger charge is -2.31. The van der Waals surface area contributed by atoms with Crippen LogP contribution in [-0.2, 0) is 30.0 Å². The number of ether oxygens (including phenoxy) is 1. The molecule has 0 radical (unpaired) electrons. The molecule has 1 aliphatic heterocycles. The normalized spacial score (nSPS) is 15.7. The van der Waals surface area contributed by atoms with Gasteiger partial charge in [0.2, 0.25) is 10.0 Å². The third-order valence-corrected chi connectivity index (χ3v) is 9.46. The van der Waals surface area contributed by atoms with Crippen LogP contribution in [0.15, 0.2) is 36.4 Å². The van der Waals surface area contributed by atoms with Crippen LogP contribution in [0.1, 0.15) is 56.2 Å². The Hall–Kier alpha value is -4.44. The number of methoxy groups -OCH3 is 1. The van der Waals surface area contributed by atoms with Crippen molar-refractivity contribution in [1.82, 2.24) is 25.0 Å². The van der Waals surface area contributed by atoms with Gasteiger partial charge >= 0.3 is 0 Å². The van der Waals surface area contributed by atoms with Gasteiger partial charge < -0.3 is 15.0 Å². The minimum atomic E-state index is -3.90. The zero-order valence-electron chi connectivity index (χ0n) is 22.4. The topological polar surface area (TPSA) is 159 Å². The van der Waals surface area contributed by atoms with E-state index in [1.807, 2.05) is 0 Å². The van der Waals surface area contributed by atoms with Gasteiger partial charge in [-0.2, -0.15) is 10.4 Å². The summed E-state index contributed by atoms with van der Waals surface area (Å²) in [7, 11) is -0.862. The number of pyridine rings is 1. The maximum Gasteiger partial charge on any atom is 0.272 e. The van der Waals surface area contributed by atoms with Gasteiger partial charge in [-0.15, -0.1) is 0 Å². The second-order valence-corrected chi connectivity index (χ2v) is 12.1. The Balaban J connectivity index is 1.30. The summed E-state index contributed by atoms with van der Waals surface area (Å²) in [4.78, 5) is 32.3. The number of nitrogens with one attached hydrogen (secondary N) is 2. The molecule has 2 N–H and O–H groups in total. The molecule has 3 heterocycles. The number of sulfonamides is 1. The van der Waals surface area contributed by atoms with Crippen molar-refractivity contribution in [2.24, 2.45) is 7.05 Å². The highest BCUT2D eigenvalue weighted by Crippen LogP contribution is 2.46. The number of nitriles is 1. The standard InChI is InChI=1S/C27H29N7O5S/c1-17-4-9-21(39-3)24(30-17)32-40(37,38)27(11-12-27)16-34-13-10-20-22(31-33(2)23(20)26(34)36)25(35)29-15-19-7-5-18(14-28)6-8-19/h4-9H,10-13,15-16H2,1-3H3,(H,29,35)(H,30,32). The lowest BCUT2D eigenvalue weighted by atomic mass is 10.0. The fourth-order valence-corrected chi connectivity index (χ4v) is 6.47. The summed E-state index contributed by atoms with van der Waals surface area (Å²) in [5, 5.41) is 16.1. The molecule has 2 aromatic heterocycles. The SMILES string of the molecule is COc1ccc(C)nc1NS(=O)(=O)C1(CN2CCc3c(C(=O)NCc4ccc(C#N)cc4)nn(C)c3C2=O)CC1. The van der Waals surface area contributed by atoms with Crippen molar-refractivity contribution in [3.8, 4) is 11.8 Å². The summed E-state index contributed by atoms with van der Waals surface area (Å²) < 4.78 is 35.0. The molecule has 0 unspecified atom stereocenters. The van der Waals surface area contributed by atoms with Crippen molar-refractivity contribution in [1.29, 1.82) is 5.26 Å². The molecule has 208 valence electrons. The molecule has 1 saturated carbocycles. The third kappa shape index (κ3) is 4.98. The first-order chi connectivity index (χ1) is 19.1. The maximum absolute atomic E-state index is 13.5. The molecule has 0 atom stereocenters. The van der Waals surface area contributed by atoms with Gasteiger partial charge in [0.1, 0.15) is 10.4 Å². The summed E-state index contributed by atoms with van der Waals surface area (Å²) in [6.07, 6.45) is 1.17. The van der Waals surface area contributed by atoms with E-state index in [2.05, 4.69) is 26.2 Å². The van der Waals surface area contributed by atoms with Crippen LogP contribution < -0.4 is 14.8 Å². The molecule has 1 fully saturated rings. The van der Waals surface area contributed by atoms with E-state index in [4.69, 9.17) is 10.00 Å². The number of carbonyl (C=O) groups excluding carboxylic acids is 2. The molecular formula is C27H29N7O5S. The number of aromatic nitrogens is 3. The van der Waals surface area contributed by atoms with Gasteiger partial charge in [0.25, 0.3) is 11.8 Å². The molecule has 1 aromatic carbocycles. The van der Waals surface area contributed by atoms with Gasteiger partial charge in [0.05, 0.1) is 18.7 Å². The highest BCUT2D eigenvalue weighted by atomic mass is 32.2. The Bertz CT molecular complexity index is 1640. The molecule has 12 nitrogen and oxygen atoms in total. The Morgan fingerprint density at radius 2 is 1.93 bits per heavy atom. The van der Waals surface area contributed by atoms with Crippen LogP contribution in [0.2, 0.25) is 0 Å². The molecule has 3 aromatic rings. The van der Waals surface area contributed by atoms with Gasteiger partial charge in [0.15, 0.2) is 17.3 Å². The summed E-state index contributed by atoms with van der Waals surface area (Å²) in [6, 6.07) is 12.3. The first kappa shape index (κ1) is 27.1. The van der Waals surface area contributed by atoms with Gasteiger partial charge in [-0.3, -0.25) is 19.0 Å². The second-order valence-electron chi connectivity index (χ2n) is 10.1. The molecule has 0 spiro atoms. The minimum Gasteiger partial charge on any atom is -0.493 e. The van der Waals surface area contributed by atoms with Crippen molar-refractivity contribution in [3.05, 3.63) is 70.2 Å². The minimum absolute atomic E-state index is 0.0140. The van der Waals surface area contributed by atoms with Crippen molar-refractivity contribution in [2.75, 3.05) is 24.9 Å². The van der Waals surface area contributed by atoms with E-state index in [1.54, 1.807) is 50.4 Å². The van der Waals surface area contributed by atoms with Crippen LogP contribution in [0.3, 0.4) is 0 Å². The number of rotatable bonds is 9. The van der Waals surface area contributed by atoms with Crippen LogP contribution in [0, 0.1) is 18.3 Å². The molecule has 0 saturated heterocycles. The largest absolute Gasteiger partial charge is 0.493 e. The van der Waals surface area contributed by atoms with Gasteiger partial charge in [-0.25, -0.2) is 13.4 Å². The number of anilines is 1. The predicted molar refractivity (Wildman–Crippen MR) is 145 cm³/mol. The van der Waals surface area contributed by atoms with E-state index in [1.165, 1.54) is 16.7 Å². The zero-order valence-corrected chi connectivity index (χ0v) is 23.2. The number of fused-ring (bicyclic) bond motifs is 1. The van der Waals surface area contributed by atoms with Gasteiger partial charge in [-0.1, -0.05) is 12.1 Å². The van der Waals surface area contributed by atoms with Crippen molar-refractivity contribution >= 4 is 27.7 Å². The summed E-state index contributed by atoms with van der Waals surface area (Å²) >= 11 is 0. The number of carbonyl (C=O) groups is 2. The number of hydrogen-bond donors (Lipinski definition) is 2. The average molecular weight is 564 g/mol. The highest BCUT2D eigenvalue weighted by molar-refractivity contribution is 7.94. The summed E-state index contributed by atoms with van der Waals surface area (Å²) in [6.45, 7) is 2.27. The number of nitrogens with zero attached hydrogens (tertiary/aromatic N) is 5. The molecule has 13 heteroatoms. The van der Waals surface area contributed by atoms with Crippen LogP contribution in [0.4, 0.5) is 5.82 Å². The van der Waals surface area contributed by atoms with E-state index in [0.29, 0.717) is 41.8 Å². The smallest absolute Gasteiger partial charge is 0.272 e. The first-order valence-electron chi connectivity index (χ1n) is 12.7. The molecule has 5 rings (SSSR count). The maximum atomic E-state index is 13.5. The Labute approximate surface area is 232 Å². The average Bonchev–Trinajstić information content (AvgIpc) is 3.65. The summed E-state index contributed by atoms with van der Waals surface area (Å²) in [5.41, 5.74) is 2.98. The van der Waals surface area contributed by atoms with Crippen molar-refractivity contribution in [2.45, 2.75) is 37.5 Å². The van der Waals surface area contributed by atoms with Gasteiger partial charge in [0, 0.05) is 37.9 Å². The lowest BCUT2D eigenvalue weighted by Crippen LogP contribution is -2.47.